The minimum absolute atomic E-state index is 0.203. The zero-order chi connectivity index (χ0) is 23.6. The maximum Gasteiger partial charge on any atom is 0.311 e. The smallest absolute Gasteiger partial charge is 0.311 e. The number of phenolic OH excluding ortho intramolecular Hbond substituents is 1. The van der Waals surface area contributed by atoms with Crippen molar-refractivity contribution in [2.75, 3.05) is 0 Å². The van der Waals surface area contributed by atoms with Crippen LogP contribution < -0.4 is 5.32 Å². The highest BCUT2D eigenvalue weighted by Crippen LogP contribution is 2.62. The van der Waals surface area contributed by atoms with Crippen molar-refractivity contribution in [3.63, 3.8) is 0 Å². The molecule has 9 heteroatoms. The fraction of sp³-hybridized carbons (Fsp3) is 0.400. The van der Waals surface area contributed by atoms with E-state index in [0.717, 1.165) is 31.0 Å². The Hall–Kier alpha value is -3.20. The van der Waals surface area contributed by atoms with Crippen LogP contribution in [0.3, 0.4) is 0 Å². The van der Waals surface area contributed by atoms with Crippen molar-refractivity contribution in [1.29, 1.82) is 0 Å². The summed E-state index contributed by atoms with van der Waals surface area (Å²) in [7, 11) is 0. The molecule has 1 saturated heterocycles. The number of amides is 2. The Labute approximate surface area is 200 Å². The number of imide groups is 1. The van der Waals surface area contributed by atoms with Crippen LogP contribution in [0.5, 0.6) is 5.75 Å². The van der Waals surface area contributed by atoms with Gasteiger partial charge in [0.1, 0.15) is 0 Å². The molecule has 8 nitrogen and oxygen atoms in total. The molecule has 2 N–H and O–H groups in total. The van der Waals surface area contributed by atoms with E-state index in [1.165, 1.54) is 25.3 Å². The number of nitrogens with one attached hydrogen (secondary N) is 1. The highest BCUT2D eigenvalue weighted by Gasteiger charge is 2.53. The van der Waals surface area contributed by atoms with Crippen molar-refractivity contribution >= 4 is 34.7 Å². The third-order valence-electron chi connectivity index (χ3n) is 7.92. The van der Waals surface area contributed by atoms with Gasteiger partial charge in [0.15, 0.2) is 5.75 Å². The van der Waals surface area contributed by atoms with E-state index in [-0.39, 0.29) is 16.9 Å². The van der Waals surface area contributed by atoms with Gasteiger partial charge in [-0.3, -0.25) is 30.0 Å². The number of nitrogens with zero attached hydrogens (tertiary/aromatic N) is 2. The fourth-order valence-electron chi connectivity index (χ4n) is 6.98. The largest absolute Gasteiger partial charge is 0.502 e. The Morgan fingerprint density at radius 3 is 2.32 bits per heavy atom. The Bertz CT molecular complexity index is 1230. The maximum absolute atomic E-state index is 11.8. The SMILES string of the molecule is O=C1NC(=O)/C(=C/c2ccc(-c3cc([N+](=O)[O-])c(O)c(C45CC6CC(CC(C6)C4)C5)c3)nc2)S1. The summed E-state index contributed by atoms with van der Waals surface area (Å²) in [6.07, 6.45) is 9.80. The van der Waals surface area contributed by atoms with Crippen molar-refractivity contribution < 1.29 is 19.6 Å². The molecule has 1 aromatic heterocycles. The number of rotatable bonds is 4. The van der Waals surface area contributed by atoms with Crippen molar-refractivity contribution in [3.05, 3.63) is 56.6 Å². The highest BCUT2D eigenvalue weighted by atomic mass is 32.2. The number of pyridine rings is 1. The van der Waals surface area contributed by atoms with E-state index in [1.54, 1.807) is 24.4 Å². The summed E-state index contributed by atoms with van der Waals surface area (Å²) >= 11 is 0.836. The van der Waals surface area contributed by atoms with E-state index in [1.807, 2.05) is 6.07 Å². The van der Waals surface area contributed by atoms with Gasteiger partial charge in [-0.2, -0.15) is 0 Å². The average Bonchev–Trinajstić information content (AvgIpc) is 3.09. The summed E-state index contributed by atoms with van der Waals surface area (Å²) in [5, 5.41) is 24.6. The van der Waals surface area contributed by atoms with Gasteiger partial charge in [-0.05, 0) is 91.8 Å². The van der Waals surface area contributed by atoms with Crippen LogP contribution in [0.2, 0.25) is 0 Å². The Balaban J connectivity index is 1.39. The van der Waals surface area contributed by atoms with Gasteiger partial charge in [0.05, 0.1) is 15.5 Å². The monoisotopic (exact) mass is 477 g/mol. The van der Waals surface area contributed by atoms with Crippen LogP contribution in [-0.2, 0) is 10.2 Å². The van der Waals surface area contributed by atoms with Gasteiger partial charge in [0, 0.05) is 28.8 Å². The lowest BCUT2D eigenvalue weighted by molar-refractivity contribution is -0.385. The molecule has 4 bridgehead atoms. The molecule has 4 saturated carbocycles. The molecule has 34 heavy (non-hydrogen) atoms. The number of phenols is 1. The standard InChI is InChI=1S/C25H23N3O5S/c29-22-18(25-9-14-3-15(10-25)5-16(4-14)11-25)7-17(8-20(22)28(32)33)19-2-1-13(12-26-19)6-21-23(30)27-24(31)34-21/h1-2,6-8,12,14-16,29H,3-5,9-11H2,(H,27,30,31)/b21-6-. The van der Waals surface area contributed by atoms with Crippen molar-refractivity contribution in [3.8, 4) is 17.0 Å². The molecule has 174 valence electrons. The van der Waals surface area contributed by atoms with Crippen LogP contribution in [0.1, 0.15) is 49.7 Å². The van der Waals surface area contributed by atoms with Gasteiger partial charge in [-0.25, -0.2) is 0 Å². The summed E-state index contributed by atoms with van der Waals surface area (Å²) in [5.74, 6) is 1.27. The van der Waals surface area contributed by atoms with Gasteiger partial charge in [-0.15, -0.1) is 0 Å². The quantitative estimate of drug-likeness (QED) is 0.354. The number of aromatic hydroxyl groups is 1. The number of benzene rings is 1. The maximum atomic E-state index is 11.8. The summed E-state index contributed by atoms with van der Waals surface area (Å²) in [6.45, 7) is 0. The number of hydrogen-bond acceptors (Lipinski definition) is 7. The van der Waals surface area contributed by atoms with Crippen molar-refractivity contribution in [2.45, 2.75) is 43.9 Å². The molecule has 0 unspecified atom stereocenters. The molecule has 2 heterocycles. The average molecular weight is 478 g/mol. The molecular formula is C25H23N3O5S. The first-order valence-corrected chi connectivity index (χ1v) is 12.3. The molecule has 4 aliphatic carbocycles. The van der Waals surface area contributed by atoms with Gasteiger partial charge < -0.3 is 5.11 Å². The molecule has 2 amide bonds. The van der Waals surface area contributed by atoms with Crippen LogP contribution in [0.15, 0.2) is 35.4 Å². The molecule has 2 aromatic rings. The van der Waals surface area contributed by atoms with Gasteiger partial charge >= 0.3 is 5.69 Å². The predicted molar refractivity (Wildman–Crippen MR) is 127 cm³/mol. The molecular weight excluding hydrogens is 454 g/mol. The number of carbonyl (C=O) groups is 2. The zero-order valence-corrected chi connectivity index (χ0v) is 19.1. The number of aromatic nitrogens is 1. The molecule has 0 atom stereocenters. The van der Waals surface area contributed by atoms with Gasteiger partial charge in [0.25, 0.3) is 11.1 Å². The van der Waals surface area contributed by atoms with Crippen molar-refractivity contribution in [1.82, 2.24) is 10.3 Å². The van der Waals surface area contributed by atoms with E-state index < -0.39 is 16.1 Å². The summed E-state index contributed by atoms with van der Waals surface area (Å²) in [5.41, 5.74) is 2.00. The lowest BCUT2D eigenvalue weighted by atomic mass is 9.48. The number of nitro benzene ring substituents is 1. The zero-order valence-electron chi connectivity index (χ0n) is 18.3. The van der Waals surface area contributed by atoms with Crippen LogP contribution in [0, 0.1) is 27.9 Å². The first kappa shape index (κ1) is 21.3. The number of nitro groups is 1. The third kappa shape index (κ3) is 3.50. The lowest BCUT2D eigenvalue weighted by Crippen LogP contribution is -2.48. The summed E-state index contributed by atoms with van der Waals surface area (Å²) in [4.78, 5) is 39.2. The number of carbonyl (C=O) groups excluding carboxylic acids is 2. The van der Waals surface area contributed by atoms with E-state index >= 15 is 0 Å². The van der Waals surface area contributed by atoms with Crippen LogP contribution >= 0.6 is 11.8 Å². The fourth-order valence-corrected chi connectivity index (χ4v) is 7.67. The van der Waals surface area contributed by atoms with E-state index in [0.29, 0.717) is 45.0 Å². The molecule has 1 aromatic carbocycles. The van der Waals surface area contributed by atoms with E-state index in [2.05, 4.69) is 10.3 Å². The number of thioether (sulfide) groups is 1. The summed E-state index contributed by atoms with van der Waals surface area (Å²) in [6, 6.07) is 6.79. The molecule has 5 fully saturated rings. The second-order valence-electron chi connectivity index (χ2n) is 10.2. The molecule has 0 spiro atoms. The second-order valence-corrected chi connectivity index (χ2v) is 11.2. The van der Waals surface area contributed by atoms with E-state index in [9.17, 15) is 24.8 Å². The molecule has 1 aliphatic heterocycles. The number of hydrogen-bond donors (Lipinski definition) is 2. The first-order chi connectivity index (χ1) is 16.3. The predicted octanol–water partition coefficient (Wildman–Crippen LogP) is 5.15. The van der Waals surface area contributed by atoms with Gasteiger partial charge in [-0.1, -0.05) is 6.07 Å². The van der Waals surface area contributed by atoms with Crippen LogP contribution in [0.4, 0.5) is 10.5 Å². The molecule has 0 radical (unpaired) electrons. The Kier molecular flexibility index (Phi) is 4.81. The van der Waals surface area contributed by atoms with Crippen LogP contribution in [0.25, 0.3) is 17.3 Å². The van der Waals surface area contributed by atoms with Gasteiger partial charge in [0.2, 0.25) is 0 Å². The Morgan fingerprint density at radius 2 is 1.79 bits per heavy atom. The first-order valence-electron chi connectivity index (χ1n) is 11.5. The van der Waals surface area contributed by atoms with E-state index in [4.69, 9.17) is 0 Å². The topological polar surface area (TPSA) is 122 Å². The van der Waals surface area contributed by atoms with Crippen LogP contribution in [-0.4, -0.2) is 26.2 Å². The molecule has 7 rings (SSSR count). The third-order valence-corrected chi connectivity index (χ3v) is 8.73. The minimum atomic E-state index is -0.519. The van der Waals surface area contributed by atoms with Crippen molar-refractivity contribution in [2.24, 2.45) is 17.8 Å². The summed E-state index contributed by atoms with van der Waals surface area (Å²) < 4.78 is 0. The Morgan fingerprint density at radius 1 is 1.12 bits per heavy atom. The second kappa shape index (κ2) is 7.66. The molecule has 5 aliphatic rings. The lowest BCUT2D eigenvalue weighted by Gasteiger charge is -2.57. The highest BCUT2D eigenvalue weighted by molar-refractivity contribution is 8.18. The minimum Gasteiger partial charge on any atom is -0.502 e. The normalized spacial score (nSPS) is 30.7.